The molecule has 4 aromatic rings. The van der Waals surface area contributed by atoms with Crippen molar-refractivity contribution < 1.29 is 14.1 Å². The molecule has 0 aliphatic carbocycles. The molecule has 0 spiro atoms. The monoisotopic (exact) mass is 434 g/mol. The van der Waals surface area contributed by atoms with Gasteiger partial charge in [0.1, 0.15) is 11.3 Å². The maximum absolute atomic E-state index is 12.9. The largest absolute Gasteiger partial charge is 0.492 e. The third-order valence-electron chi connectivity index (χ3n) is 5.30. The number of aromatic nitrogens is 2. The van der Waals surface area contributed by atoms with Crippen LogP contribution in [0.25, 0.3) is 21.5 Å². The Kier molecular flexibility index (Phi) is 5.30. The average Bonchev–Trinajstić information content (AvgIpc) is 3.48. The highest BCUT2D eigenvalue weighted by Gasteiger charge is 2.26. The molecule has 1 aliphatic heterocycles. The topological polar surface area (TPSA) is 71.7 Å². The molecule has 158 valence electrons. The van der Waals surface area contributed by atoms with Crippen molar-refractivity contribution >= 4 is 32.6 Å². The number of anilines is 1. The Morgan fingerprint density at radius 2 is 1.90 bits per heavy atom. The van der Waals surface area contributed by atoms with E-state index in [1.807, 2.05) is 54.3 Å². The molecular formula is C23H22N4O3S. The number of carbonyl (C=O) groups is 1. The highest BCUT2D eigenvalue weighted by Crippen LogP contribution is 2.34. The van der Waals surface area contributed by atoms with Gasteiger partial charge in [0.2, 0.25) is 0 Å². The number of nitrogens with zero attached hydrogens (tertiary/aromatic N) is 4. The molecule has 8 heteroatoms. The van der Waals surface area contributed by atoms with Gasteiger partial charge in [0, 0.05) is 37.8 Å². The molecule has 7 nitrogen and oxygen atoms in total. The van der Waals surface area contributed by atoms with Crippen molar-refractivity contribution in [1.82, 2.24) is 15.0 Å². The van der Waals surface area contributed by atoms with Gasteiger partial charge in [-0.25, -0.2) is 4.98 Å². The van der Waals surface area contributed by atoms with Gasteiger partial charge in [-0.05, 0) is 19.1 Å². The van der Waals surface area contributed by atoms with E-state index >= 15 is 0 Å². The molecular weight excluding hydrogens is 412 g/mol. The van der Waals surface area contributed by atoms with Crippen molar-refractivity contribution in [2.24, 2.45) is 0 Å². The van der Waals surface area contributed by atoms with Crippen LogP contribution >= 0.6 is 11.3 Å². The Bertz CT molecular complexity index is 1200. The van der Waals surface area contributed by atoms with E-state index in [4.69, 9.17) is 14.2 Å². The summed E-state index contributed by atoms with van der Waals surface area (Å²) in [6.45, 7) is 5.25. The fourth-order valence-corrected chi connectivity index (χ4v) is 4.73. The highest BCUT2D eigenvalue weighted by atomic mass is 32.1. The second kappa shape index (κ2) is 8.39. The Labute approximate surface area is 183 Å². The molecule has 0 unspecified atom stereocenters. The van der Waals surface area contributed by atoms with E-state index in [1.165, 1.54) is 0 Å². The zero-order chi connectivity index (χ0) is 21.2. The van der Waals surface area contributed by atoms with E-state index in [0.29, 0.717) is 31.2 Å². The lowest BCUT2D eigenvalue weighted by Gasteiger charge is -2.34. The number of fused-ring (bicyclic) bond motifs is 1. The van der Waals surface area contributed by atoms with Crippen molar-refractivity contribution in [3.63, 3.8) is 0 Å². The number of hydrogen-bond donors (Lipinski definition) is 0. The number of amides is 1. The molecule has 2 aromatic carbocycles. The van der Waals surface area contributed by atoms with Gasteiger partial charge < -0.3 is 19.1 Å². The molecule has 5 rings (SSSR count). The van der Waals surface area contributed by atoms with E-state index in [9.17, 15) is 4.79 Å². The maximum Gasteiger partial charge on any atom is 0.276 e. The van der Waals surface area contributed by atoms with E-state index in [2.05, 4.69) is 16.1 Å². The predicted octanol–water partition coefficient (Wildman–Crippen LogP) is 4.31. The first-order valence-electron chi connectivity index (χ1n) is 10.3. The van der Waals surface area contributed by atoms with Gasteiger partial charge in [-0.3, -0.25) is 4.79 Å². The average molecular weight is 435 g/mol. The number of carbonyl (C=O) groups excluding carboxylic acids is 1. The number of rotatable bonds is 5. The summed E-state index contributed by atoms with van der Waals surface area (Å²) in [6, 6.07) is 17.4. The van der Waals surface area contributed by atoms with Gasteiger partial charge >= 0.3 is 0 Å². The third-order valence-corrected chi connectivity index (χ3v) is 6.38. The van der Waals surface area contributed by atoms with Gasteiger partial charge in [-0.2, -0.15) is 0 Å². The van der Waals surface area contributed by atoms with Gasteiger partial charge in [-0.15, -0.1) is 0 Å². The van der Waals surface area contributed by atoms with Crippen LogP contribution in [0.4, 0.5) is 5.13 Å². The number of benzene rings is 2. The Morgan fingerprint density at radius 1 is 1.10 bits per heavy atom. The minimum absolute atomic E-state index is 0.103. The summed E-state index contributed by atoms with van der Waals surface area (Å²) < 4.78 is 12.2. The lowest BCUT2D eigenvalue weighted by Crippen LogP contribution is -2.48. The Balaban J connectivity index is 1.26. The van der Waals surface area contributed by atoms with Gasteiger partial charge in [0.05, 0.1) is 11.3 Å². The fourth-order valence-electron chi connectivity index (χ4n) is 3.70. The minimum Gasteiger partial charge on any atom is -0.492 e. The van der Waals surface area contributed by atoms with Gasteiger partial charge in [-0.1, -0.05) is 52.9 Å². The summed E-state index contributed by atoms with van der Waals surface area (Å²) in [4.78, 5) is 21.8. The normalized spacial score (nSPS) is 14.2. The van der Waals surface area contributed by atoms with Crippen molar-refractivity contribution in [3.8, 4) is 17.1 Å². The van der Waals surface area contributed by atoms with Crippen LogP contribution in [0.5, 0.6) is 5.75 Å². The van der Waals surface area contributed by atoms with Crippen molar-refractivity contribution in [1.29, 1.82) is 0 Å². The van der Waals surface area contributed by atoms with Gasteiger partial charge in [0.25, 0.3) is 5.91 Å². The summed E-state index contributed by atoms with van der Waals surface area (Å²) in [6.07, 6.45) is 0. The van der Waals surface area contributed by atoms with E-state index in [-0.39, 0.29) is 5.91 Å². The number of ether oxygens (including phenoxy) is 1. The maximum atomic E-state index is 12.9. The molecule has 1 fully saturated rings. The molecule has 0 bridgehead atoms. The molecule has 1 aliphatic rings. The van der Waals surface area contributed by atoms with Crippen LogP contribution in [-0.2, 0) is 0 Å². The lowest BCUT2D eigenvalue weighted by atomic mass is 10.1. The Morgan fingerprint density at radius 3 is 2.68 bits per heavy atom. The molecule has 0 atom stereocenters. The van der Waals surface area contributed by atoms with Crippen molar-refractivity contribution in [2.75, 3.05) is 37.7 Å². The summed E-state index contributed by atoms with van der Waals surface area (Å²) in [5.41, 5.74) is 2.15. The standard InChI is InChI=1S/C23H22N4O3S/c1-2-29-18-9-6-10-20-21(18)24-23(31-20)27-13-11-26(12-14-27)22(28)17-15-19(30-25-17)16-7-4-3-5-8-16/h3-10,15H,2,11-14H2,1H3. The van der Waals surface area contributed by atoms with Crippen molar-refractivity contribution in [2.45, 2.75) is 6.92 Å². The van der Waals surface area contributed by atoms with Crippen LogP contribution in [0.2, 0.25) is 0 Å². The zero-order valence-corrected chi connectivity index (χ0v) is 18.0. The first-order valence-corrected chi connectivity index (χ1v) is 11.1. The smallest absolute Gasteiger partial charge is 0.276 e. The molecule has 2 aromatic heterocycles. The molecule has 0 radical (unpaired) electrons. The SMILES string of the molecule is CCOc1cccc2sc(N3CCN(C(=O)c4cc(-c5ccccc5)on4)CC3)nc12. The Hall–Kier alpha value is -3.39. The molecule has 0 N–H and O–H groups in total. The summed E-state index contributed by atoms with van der Waals surface area (Å²) in [5, 5.41) is 4.96. The molecule has 3 heterocycles. The van der Waals surface area contributed by atoms with Crippen LogP contribution in [0.1, 0.15) is 17.4 Å². The second-order valence-corrected chi connectivity index (χ2v) is 8.26. The van der Waals surface area contributed by atoms with Crippen LogP contribution in [0.3, 0.4) is 0 Å². The minimum atomic E-state index is -0.103. The first kappa shape index (κ1) is 19.6. The number of para-hydroxylation sites is 1. The third kappa shape index (κ3) is 3.86. The summed E-state index contributed by atoms with van der Waals surface area (Å²) >= 11 is 1.65. The van der Waals surface area contributed by atoms with Crippen molar-refractivity contribution in [3.05, 3.63) is 60.3 Å². The number of piperazine rings is 1. The number of thiazole rings is 1. The van der Waals surface area contributed by atoms with Crippen LogP contribution in [0, 0.1) is 0 Å². The number of hydrogen-bond acceptors (Lipinski definition) is 7. The first-order chi connectivity index (χ1) is 15.2. The van der Waals surface area contributed by atoms with E-state index in [1.54, 1.807) is 17.4 Å². The molecule has 1 amide bonds. The fraction of sp³-hybridized carbons (Fsp3) is 0.261. The zero-order valence-electron chi connectivity index (χ0n) is 17.2. The molecule has 31 heavy (non-hydrogen) atoms. The summed E-state index contributed by atoms with van der Waals surface area (Å²) in [5.74, 6) is 1.31. The highest BCUT2D eigenvalue weighted by molar-refractivity contribution is 7.22. The van der Waals surface area contributed by atoms with Crippen LogP contribution < -0.4 is 9.64 Å². The summed E-state index contributed by atoms with van der Waals surface area (Å²) in [7, 11) is 0. The van der Waals surface area contributed by atoms with Crippen LogP contribution in [-0.4, -0.2) is 53.7 Å². The lowest BCUT2D eigenvalue weighted by molar-refractivity contribution is 0.0736. The van der Waals surface area contributed by atoms with Crippen LogP contribution in [0.15, 0.2) is 59.1 Å². The van der Waals surface area contributed by atoms with Gasteiger partial charge in [0.15, 0.2) is 16.6 Å². The predicted molar refractivity (Wildman–Crippen MR) is 121 cm³/mol. The van der Waals surface area contributed by atoms with E-state index in [0.717, 1.165) is 39.8 Å². The molecule has 1 saturated heterocycles. The second-order valence-electron chi connectivity index (χ2n) is 7.25. The van der Waals surface area contributed by atoms with E-state index < -0.39 is 0 Å². The quantitative estimate of drug-likeness (QED) is 0.466. The molecule has 0 saturated carbocycles.